The van der Waals surface area contributed by atoms with Crippen LogP contribution in [0.2, 0.25) is 0 Å². The van der Waals surface area contributed by atoms with Gasteiger partial charge in [-0.05, 0) is 73.5 Å². The van der Waals surface area contributed by atoms with Gasteiger partial charge in [-0.1, -0.05) is 20.3 Å². The number of aromatic nitrogens is 2. The highest BCUT2D eigenvalue weighted by atomic mass is 16.5. The van der Waals surface area contributed by atoms with Crippen LogP contribution in [-0.4, -0.2) is 22.4 Å². The summed E-state index contributed by atoms with van der Waals surface area (Å²) in [5, 5.41) is 6.00. The van der Waals surface area contributed by atoms with E-state index in [2.05, 4.69) is 27.5 Å². The number of pyridine rings is 2. The molecular weight excluding hydrogens is 492 g/mol. The predicted octanol–water partition coefficient (Wildman–Crippen LogP) is 6.86. The zero-order valence-corrected chi connectivity index (χ0v) is 22.4. The van der Waals surface area contributed by atoms with Gasteiger partial charge < -0.3 is 31.6 Å². The Labute approximate surface area is 229 Å². The molecule has 9 heteroatoms. The van der Waals surface area contributed by atoms with Crippen LogP contribution in [0, 0.1) is 0 Å². The fourth-order valence-corrected chi connectivity index (χ4v) is 3.28. The molecule has 0 spiro atoms. The fourth-order valence-electron chi connectivity index (χ4n) is 3.28. The number of hydrogen-bond acceptors (Lipinski definition) is 8. The smallest absolute Gasteiger partial charge is 0.225 e. The van der Waals surface area contributed by atoms with Crippen LogP contribution < -0.4 is 31.6 Å². The average molecular weight is 529 g/mol. The molecule has 1 amide bonds. The van der Waals surface area contributed by atoms with E-state index in [-0.39, 0.29) is 5.91 Å². The lowest BCUT2D eigenvalue weighted by atomic mass is 10.3. The molecule has 0 aliphatic rings. The maximum Gasteiger partial charge on any atom is 0.225 e. The molecule has 0 fully saturated rings. The third-order valence-electron chi connectivity index (χ3n) is 5.28. The Balaban J connectivity index is 0.000000216. The third kappa shape index (κ3) is 10.6. The van der Waals surface area contributed by atoms with E-state index in [0.717, 1.165) is 48.8 Å². The average Bonchev–Trinajstić information content (AvgIpc) is 2.92. The van der Waals surface area contributed by atoms with Gasteiger partial charge in [0.05, 0.1) is 0 Å². The molecule has 0 radical (unpaired) electrons. The van der Waals surface area contributed by atoms with Gasteiger partial charge in [0.15, 0.2) is 0 Å². The quantitative estimate of drug-likeness (QED) is 0.122. The van der Waals surface area contributed by atoms with Gasteiger partial charge in [-0.15, -0.1) is 0 Å². The minimum Gasteiger partial charge on any atom is -0.457 e. The number of nitrogens with zero attached hydrogens (tertiary/aromatic N) is 2. The number of carbonyl (C=O) groups is 1. The van der Waals surface area contributed by atoms with Crippen molar-refractivity contribution in [2.75, 3.05) is 28.6 Å². The molecule has 9 nitrogen and oxygen atoms in total. The highest BCUT2D eigenvalue weighted by molar-refractivity contribution is 5.89. The normalized spacial score (nSPS) is 10.1. The zero-order valence-electron chi connectivity index (χ0n) is 22.4. The molecule has 0 aliphatic carbocycles. The van der Waals surface area contributed by atoms with E-state index < -0.39 is 0 Å². The predicted molar refractivity (Wildman–Crippen MR) is 157 cm³/mol. The summed E-state index contributed by atoms with van der Waals surface area (Å²) in [6.45, 7) is 5.04. The number of amides is 1. The van der Waals surface area contributed by atoms with Crippen molar-refractivity contribution in [1.82, 2.24) is 9.97 Å². The Morgan fingerprint density at radius 1 is 0.718 bits per heavy atom. The second kappa shape index (κ2) is 15.5. The van der Waals surface area contributed by atoms with Crippen molar-refractivity contribution in [3.63, 3.8) is 0 Å². The molecule has 0 saturated heterocycles. The number of unbranched alkanes of at least 4 members (excludes halogenated alkanes) is 1. The van der Waals surface area contributed by atoms with Crippen molar-refractivity contribution < 1.29 is 14.3 Å². The lowest BCUT2D eigenvalue weighted by Crippen LogP contribution is -2.11. The molecule has 6 N–H and O–H groups in total. The van der Waals surface area contributed by atoms with Gasteiger partial charge in [0.2, 0.25) is 5.91 Å². The fraction of sp³-hybridized carbons (Fsp3) is 0.233. The number of nitrogen functional groups attached to an aromatic ring is 2. The van der Waals surface area contributed by atoms with Gasteiger partial charge in [-0.2, -0.15) is 0 Å². The van der Waals surface area contributed by atoms with Gasteiger partial charge in [0.1, 0.15) is 34.6 Å². The van der Waals surface area contributed by atoms with Crippen LogP contribution in [0.1, 0.15) is 39.5 Å². The Kier molecular flexibility index (Phi) is 11.4. The van der Waals surface area contributed by atoms with Gasteiger partial charge >= 0.3 is 0 Å². The van der Waals surface area contributed by atoms with Gasteiger partial charge in [-0.3, -0.25) is 4.79 Å². The summed E-state index contributed by atoms with van der Waals surface area (Å²) in [6, 6.07) is 21.6. The van der Waals surface area contributed by atoms with Crippen molar-refractivity contribution in [3.05, 3.63) is 85.2 Å². The monoisotopic (exact) mass is 528 g/mol. The first-order valence-electron chi connectivity index (χ1n) is 13.0. The molecule has 0 saturated carbocycles. The number of nitrogens with one attached hydrogen (secondary N) is 2. The molecule has 0 bridgehead atoms. The Morgan fingerprint density at radius 2 is 1.23 bits per heavy atom. The molecule has 4 aromatic rings. The van der Waals surface area contributed by atoms with Crippen molar-refractivity contribution in [3.8, 4) is 23.0 Å². The van der Waals surface area contributed by atoms with E-state index in [1.54, 1.807) is 48.8 Å². The van der Waals surface area contributed by atoms with E-state index >= 15 is 0 Å². The molecular formula is C30H36N6O3. The highest BCUT2D eigenvalue weighted by Gasteiger charge is 2.04. The van der Waals surface area contributed by atoms with Crippen molar-refractivity contribution in [1.29, 1.82) is 0 Å². The summed E-state index contributed by atoms with van der Waals surface area (Å²) in [4.78, 5) is 19.9. The first kappa shape index (κ1) is 28.8. The first-order valence-corrected chi connectivity index (χ1v) is 13.0. The summed E-state index contributed by atoms with van der Waals surface area (Å²) >= 11 is 0. The second-order valence-electron chi connectivity index (χ2n) is 8.67. The SMILES string of the molecule is CCCC(=O)Nc1cc(Oc2ccc(N)cc2)ccn1.CCCCNc1cc(Oc2ccc(N)cc2)ccn1. The lowest BCUT2D eigenvalue weighted by molar-refractivity contribution is -0.116. The van der Waals surface area contributed by atoms with Gasteiger partial charge in [0.25, 0.3) is 0 Å². The van der Waals surface area contributed by atoms with Crippen LogP contribution in [0.15, 0.2) is 85.2 Å². The Morgan fingerprint density at radius 3 is 1.74 bits per heavy atom. The second-order valence-corrected chi connectivity index (χ2v) is 8.67. The number of hydrogen-bond donors (Lipinski definition) is 4. The Hall–Kier alpha value is -4.79. The summed E-state index contributed by atoms with van der Waals surface area (Å²) in [7, 11) is 0. The number of ether oxygens (including phenoxy) is 2. The van der Waals surface area contributed by atoms with E-state index in [0.29, 0.717) is 29.4 Å². The number of nitrogens with two attached hydrogens (primary N) is 2. The van der Waals surface area contributed by atoms with Gasteiger partial charge in [-0.25, -0.2) is 9.97 Å². The summed E-state index contributed by atoms with van der Waals surface area (Å²) in [5.74, 6) is 4.08. The molecule has 0 unspecified atom stereocenters. The van der Waals surface area contributed by atoms with Crippen LogP contribution in [-0.2, 0) is 4.79 Å². The number of anilines is 4. The van der Waals surface area contributed by atoms with Crippen molar-refractivity contribution in [2.45, 2.75) is 39.5 Å². The summed E-state index contributed by atoms with van der Waals surface area (Å²) in [6.07, 6.45) is 6.90. The third-order valence-corrected chi connectivity index (χ3v) is 5.28. The van der Waals surface area contributed by atoms with Crippen LogP contribution in [0.4, 0.5) is 23.0 Å². The standard InChI is InChI=1S/C15H17N3O2.C15H19N3O/c1-2-3-15(19)18-14-10-13(8-9-17-14)20-12-6-4-11(16)5-7-12;1-2-3-9-17-15-11-14(8-10-18-15)19-13-6-4-12(16)5-7-13/h4-10H,2-3,16H2,1H3,(H,17,18,19);4-8,10-11H,2-3,9,16H2,1H3,(H,17,18). The van der Waals surface area contributed by atoms with Crippen molar-refractivity contribution in [2.24, 2.45) is 0 Å². The largest absolute Gasteiger partial charge is 0.457 e. The summed E-state index contributed by atoms with van der Waals surface area (Å²) < 4.78 is 11.4. The van der Waals surface area contributed by atoms with E-state index in [1.807, 2.05) is 43.3 Å². The topological polar surface area (TPSA) is 137 Å². The number of carbonyl (C=O) groups excluding carboxylic acids is 1. The lowest BCUT2D eigenvalue weighted by Gasteiger charge is -2.08. The molecule has 4 rings (SSSR count). The van der Waals surface area contributed by atoms with Gasteiger partial charge in [0, 0.05) is 48.9 Å². The minimum absolute atomic E-state index is 0.0513. The Bertz CT molecular complexity index is 1300. The van der Waals surface area contributed by atoms with Crippen LogP contribution in [0.25, 0.3) is 0 Å². The number of rotatable bonds is 11. The molecule has 0 atom stereocenters. The van der Waals surface area contributed by atoms with Crippen LogP contribution >= 0.6 is 0 Å². The van der Waals surface area contributed by atoms with E-state index in [1.165, 1.54) is 0 Å². The van der Waals surface area contributed by atoms with E-state index in [4.69, 9.17) is 20.9 Å². The zero-order chi connectivity index (χ0) is 27.9. The molecule has 39 heavy (non-hydrogen) atoms. The maximum atomic E-state index is 11.5. The minimum atomic E-state index is -0.0513. The molecule has 0 aliphatic heterocycles. The molecule has 2 aromatic carbocycles. The number of benzene rings is 2. The summed E-state index contributed by atoms with van der Waals surface area (Å²) in [5.41, 5.74) is 12.7. The van der Waals surface area contributed by atoms with Crippen molar-refractivity contribution >= 4 is 28.9 Å². The first-order chi connectivity index (χ1) is 18.9. The molecule has 2 heterocycles. The van der Waals surface area contributed by atoms with Crippen LogP contribution in [0.5, 0.6) is 23.0 Å². The highest BCUT2D eigenvalue weighted by Crippen LogP contribution is 2.25. The maximum absolute atomic E-state index is 11.5. The van der Waals surface area contributed by atoms with E-state index in [9.17, 15) is 4.79 Å². The molecule has 204 valence electrons. The van der Waals surface area contributed by atoms with Crippen LogP contribution in [0.3, 0.4) is 0 Å². The molecule has 2 aromatic heterocycles.